The van der Waals surface area contributed by atoms with Crippen molar-refractivity contribution in [3.8, 4) is 72.4 Å². The SMILES string of the molecule is [2H]c1c([2H])c([2H])c2c(c1[2H])c1c([2H])c([2H])c([2H])c([2H])c1n2-c1cc2c3c(c1)N(c1c(-c4ccccc4)cc(C(C)(C)C)cc1-c1ccccc1)c1ccc(-c4cc(C(C)(C)C)cc(C(C)(C)C)c4)cc1B3c1cc(-c3cc(C(C)(C)C)cc(C(C)(C)C)c3)ccc1N2c1c(-c2ccccc2)cc(C(C)(C)C)cc1-c1ccccc1. The summed E-state index contributed by atoms with van der Waals surface area (Å²) in [5.74, 6) is 0. The molecule has 2 aliphatic rings. The van der Waals surface area contributed by atoms with E-state index in [0.29, 0.717) is 5.69 Å². The van der Waals surface area contributed by atoms with Gasteiger partial charge in [-0.3, -0.25) is 0 Å². The second kappa shape index (κ2) is 25.5. The Balaban J connectivity index is 1.19. The highest BCUT2D eigenvalue weighted by Gasteiger charge is 2.47. The van der Waals surface area contributed by atoms with E-state index in [0.717, 1.165) is 128 Å². The predicted molar refractivity (Wildman–Crippen MR) is 460 cm³/mol. The molecule has 0 fully saturated rings. The Hall–Kier alpha value is -10.7. The lowest BCUT2D eigenvalue weighted by Crippen LogP contribution is -2.61. The number of benzene rings is 13. The summed E-state index contributed by atoms with van der Waals surface area (Å²) in [6.45, 7) is 40.6. The molecule has 0 amide bonds. The van der Waals surface area contributed by atoms with Crippen molar-refractivity contribution >= 4 is 79.0 Å². The maximum absolute atomic E-state index is 10.2. The molecule has 2 aliphatic heterocycles. The lowest BCUT2D eigenvalue weighted by molar-refractivity contribution is 0.568. The number of aromatic nitrogens is 1. The molecule has 1 aromatic heterocycles. The van der Waals surface area contributed by atoms with Gasteiger partial charge in [-0.2, -0.15) is 0 Å². The van der Waals surface area contributed by atoms with E-state index in [-0.39, 0.29) is 66.4 Å². The molecule has 4 heteroatoms. The molecule has 14 aromatic rings. The van der Waals surface area contributed by atoms with Crippen LogP contribution in [0.1, 0.15) is 169 Å². The van der Waals surface area contributed by atoms with Crippen LogP contribution < -0.4 is 26.2 Å². The molecule has 3 heterocycles. The smallest absolute Gasteiger partial charge is 0.252 e. The van der Waals surface area contributed by atoms with Crippen LogP contribution in [0.3, 0.4) is 0 Å². The van der Waals surface area contributed by atoms with Crippen molar-refractivity contribution in [1.29, 1.82) is 0 Å². The van der Waals surface area contributed by atoms with Gasteiger partial charge in [0.05, 0.1) is 39.1 Å². The van der Waals surface area contributed by atoms with Gasteiger partial charge in [0.1, 0.15) is 0 Å². The van der Waals surface area contributed by atoms with Gasteiger partial charge >= 0.3 is 0 Å². The van der Waals surface area contributed by atoms with Gasteiger partial charge in [0.25, 0.3) is 6.71 Å². The van der Waals surface area contributed by atoms with E-state index in [4.69, 9.17) is 0 Å². The van der Waals surface area contributed by atoms with Gasteiger partial charge in [-0.1, -0.05) is 343 Å². The molecule has 0 saturated carbocycles. The number of fused-ring (bicyclic) bond motifs is 7. The van der Waals surface area contributed by atoms with E-state index in [9.17, 15) is 11.0 Å². The minimum atomic E-state index is -0.557. The van der Waals surface area contributed by atoms with E-state index >= 15 is 0 Å². The highest BCUT2D eigenvalue weighted by atomic mass is 15.2. The summed E-state index contributed by atoms with van der Waals surface area (Å²) in [5.41, 5.74) is 26.5. The molecular formula is C102H100BN3. The Morgan fingerprint density at radius 1 is 0.264 bits per heavy atom. The van der Waals surface area contributed by atoms with E-state index < -0.39 is 43.0 Å². The molecule has 0 saturated heterocycles. The van der Waals surface area contributed by atoms with Crippen molar-refractivity contribution < 1.29 is 11.0 Å². The van der Waals surface area contributed by atoms with Crippen molar-refractivity contribution in [3.63, 3.8) is 0 Å². The van der Waals surface area contributed by atoms with Crippen molar-refractivity contribution in [2.45, 2.75) is 157 Å². The van der Waals surface area contributed by atoms with Gasteiger partial charge < -0.3 is 14.4 Å². The minimum absolute atomic E-state index is 0.00186. The first-order valence-corrected chi connectivity index (χ1v) is 37.7. The summed E-state index contributed by atoms with van der Waals surface area (Å²) in [5, 5.41) is -0.00372. The van der Waals surface area contributed by atoms with Crippen LogP contribution in [0.4, 0.5) is 34.1 Å². The van der Waals surface area contributed by atoms with Crippen molar-refractivity contribution in [3.05, 3.63) is 312 Å². The normalized spacial score (nSPS) is 14.4. The quantitative estimate of drug-likeness (QED) is 0.133. The number of anilines is 6. The standard InChI is InChI=1S/C102H100BN3/c1-97(2,3)73-51-71(52-74(57-73)98(4,5)6)69-47-49-90-86(55-69)103-87-56-70(72-53-75(99(7,8)9)58-76(54-72)100(10,11)12)48-50-91(87)106(96-84(67-39-27-21-28-40-67)61-78(102(16,17)18)62-85(96)68-41-29-22-30-42-68)93-64-79(104-88-45-33-31-43-80(88)81-44-32-34-46-89(81)104)63-92(94(93)103)105(90)95-82(65-35-23-19-24-36-65)59-77(101(13,14)15)60-83(95)66-37-25-20-26-38-66/h19-64H,1-18H3/i31D,32D,33D,34D,43D,44D,45D,46D. The number of hydrogen-bond acceptors (Lipinski definition) is 2. The van der Waals surface area contributed by atoms with Gasteiger partial charge in [0, 0.05) is 55.8 Å². The highest BCUT2D eigenvalue weighted by Crippen LogP contribution is 2.56. The summed E-state index contributed by atoms with van der Waals surface area (Å²) >= 11 is 0. The van der Waals surface area contributed by atoms with Crippen LogP contribution in [0.2, 0.25) is 0 Å². The largest absolute Gasteiger partial charge is 0.310 e. The van der Waals surface area contributed by atoms with Crippen LogP contribution in [0.15, 0.2) is 279 Å². The van der Waals surface area contributed by atoms with E-state index in [2.05, 4.69) is 365 Å². The molecule has 526 valence electrons. The second-order valence-corrected chi connectivity index (χ2v) is 35.7. The van der Waals surface area contributed by atoms with Gasteiger partial charge in [-0.25, -0.2) is 0 Å². The lowest BCUT2D eigenvalue weighted by atomic mass is 9.33. The fraction of sp³-hybridized carbons (Fsp3) is 0.235. The van der Waals surface area contributed by atoms with Gasteiger partial charge in [0.2, 0.25) is 0 Å². The van der Waals surface area contributed by atoms with E-state index in [1.165, 1.54) is 22.3 Å². The summed E-state index contributed by atoms with van der Waals surface area (Å²) in [6.07, 6.45) is 0. The topological polar surface area (TPSA) is 11.4 Å². The maximum Gasteiger partial charge on any atom is 0.252 e. The zero-order chi connectivity index (χ0) is 81.3. The van der Waals surface area contributed by atoms with Crippen molar-refractivity contribution in [2.75, 3.05) is 9.80 Å². The molecule has 0 spiro atoms. The summed E-state index contributed by atoms with van der Waals surface area (Å²) in [6, 6.07) is 81.6. The first-order chi connectivity index (χ1) is 53.7. The van der Waals surface area contributed by atoms with Crippen LogP contribution in [-0.4, -0.2) is 11.3 Å². The van der Waals surface area contributed by atoms with Crippen molar-refractivity contribution in [1.82, 2.24) is 4.57 Å². The Labute approximate surface area is 642 Å². The number of nitrogens with zero attached hydrogens (tertiary/aromatic N) is 3. The van der Waals surface area contributed by atoms with Crippen LogP contribution in [0, 0.1) is 0 Å². The molecule has 0 N–H and O–H groups in total. The van der Waals surface area contributed by atoms with E-state index in [1.807, 2.05) is 0 Å². The van der Waals surface area contributed by atoms with Crippen LogP contribution >= 0.6 is 0 Å². The molecular weight excluding hydrogens is 1280 g/mol. The molecule has 13 aromatic carbocycles. The third-order valence-electron chi connectivity index (χ3n) is 22.1. The average molecular weight is 1390 g/mol. The third kappa shape index (κ3) is 12.4. The Bertz CT molecular complexity index is 5700. The number of rotatable bonds is 9. The van der Waals surface area contributed by atoms with Gasteiger partial charge in [-0.15, -0.1) is 0 Å². The predicted octanol–water partition coefficient (Wildman–Crippen LogP) is 26.7. The molecule has 3 nitrogen and oxygen atoms in total. The Kier molecular flexibility index (Phi) is 14.6. The van der Waals surface area contributed by atoms with Gasteiger partial charge in [-0.05, 0) is 187 Å². The van der Waals surface area contributed by atoms with Crippen LogP contribution in [0.5, 0.6) is 0 Å². The number of para-hydroxylation sites is 2. The monoisotopic (exact) mass is 1390 g/mol. The summed E-state index contributed by atoms with van der Waals surface area (Å²) in [4.78, 5) is 4.96. The fourth-order valence-electron chi connectivity index (χ4n) is 15.9. The average Bonchev–Trinajstić information content (AvgIpc) is 1.01. The molecule has 106 heavy (non-hydrogen) atoms. The zero-order valence-corrected chi connectivity index (χ0v) is 64.9. The second-order valence-electron chi connectivity index (χ2n) is 35.7. The van der Waals surface area contributed by atoms with Crippen LogP contribution in [0.25, 0.3) is 94.3 Å². The minimum Gasteiger partial charge on any atom is -0.310 e. The lowest BCUT2D eigenvalue weighted by Gasteiger charge is -2.46. The van der Waals surface area contributed by atoms with E-state index in [1.54, 1.807) is 4.57 Å². The Morgan fingerprint density at radius 3 is 0.840 bits per heavy atom. The molecule has 0 bridgehead atoms. The van der Waals surface area contributed by atoms with Crippen LogP contribution in [-0.2, 0) is 32.5 Å². The summed E-state index contributed by atoms with van der Waals surface area (Å²) < 4.78 is 79.8. The first kappa shape index (κ1) is 60.6. The Morgan fingerprint density at radius 2 is 0.547 bits per heavy atom. The molecule has 0 atom stereocenters. The summed E-state index contributed by atoms with van der Waals surface area (Å²) in [7, 11) is 0. The fourth-order valence-corrected chi connectivity index (χ4v) is 15.9. The van der Waals surface area contributed by atoms with Gasteiger partial charge in [0.15, 0.2) is 0 Å². The number of hydrogen-bond donors (Lipinski definition) is 0. The molecule has 16 rings (SSSR count). The molecule has 0 radical (unpaired) electrons. The van der Waals surface area contributed by atoms with Crippen molar-refractivity contribution in [2.24, 2.45) is 0 Å². The zero-order valence-electron chi connectivity index (χ0n) is 72.9. The maximum atomic E-state index is 10.2. The first-order valence-electron chi connectivity index (χ1n) is 41.7. The highest BCUT2D eigenvalue weighted by molar-refractivity contribution is 7.00. The molecule has 0 aliphatic carbocycles. The third-order valence-corrected chi connectivity index (χ3v) is 22.1. The molecule has 0 unspecified atom stereocenters.